The van der Waals surface area contributed by atoms with Gasteiger partial charge in [-0.3, -0.25) is 14.5 Å². The van der Waals surface area contributed by atoms with Crippen LogP contribution < -0.4 is 0 Å². The molecule has 2 amide bonds. The van der Waals surface area contributed by atoms with Crippen LogP contribution in [0, 0.1) is 17.8 Å². The number of fused-ring (bicyclic) bond motifs is 1. The van der Waals surface area contributed by atoms with Gasteiger partial charge in [-0.25, -0.2) is 0 Å². The zero-order valence-corrected chi connectivity index (χ0v) is 22.2. The number of aliphatic hydroxyl groups is 3. The van der Waals surface area contributed by atoms with Crippen LogP contribution in [0.25, 0.3) is 6.08 Å². The fourth-order valence-corrected chi connectivity index (χ4v) is 6.74. The molecule has 3 aliphatic rings. The van der Waals surface area contributed by atoms with Gasteiger partial charge in [0, 0.05) is 12.0 Å². The van der Waals surface area contributed by atoms with Gasteiger partial charge in [0.1, 0.15) is 5.75 Å². The molecule has 1 saturated carbocycles. The maximum atomic E-state index is 13.5. The fraction of sp³-hybridized carbons (Fsp3) is 0.586. The van der Waals surface area contributed by atoms with Gasteiger partial charge < -0.3 is 20.4 Å². The van der Waals surface area contributed by atoms with E-state index in [4.69, 9.17) is 11.6 Å². The normalized spacial score (nSPS) is 26.1. The minimum Gasteiger partial charge on any atom is -0.508 e. The van der Waals surface area contributed by atoms with Crippen LogP contribution in [0.4, 0.5) is 0 Å². The first kappa shape index (κ1) is 27.8. The van der Waals surface area contributed by atoms with Crippen molar-refractivity contribution in [3.63, 3.8) is 0 Å². The molecule has 0 spiro atoms. The van der Waals surface area contributed by atoms with Gasteiger partial charge in [-0.1, -0.05) is 49.4 Å². The number of phenols is 1. The van der Waals surface area contributed by atoms with Crippen LogP contribution in [-0.2, 0) is 9.59 Å². The van der Waals surface area contributed by atoms with Gasteiger partial charge >= 0.3 is 0 Å². The minimum absolute atomic E-state index is 0.0892. The Morgan fingerprint density at radius 2 is 1.89 bits per heavy atom. The Bertz CT molecular complexity index is 1080. The molecule has 1 aliphatic heterocycles. The van der Waals surface area contributed by atoms with Crippen molar-refractivity contribution in [2.75, 3.05) is 13.2 Å². The van der Waals surface area contributed by atoms with Crippen molar-refractivity contribution in [1.82, 2.24) is 4.90 Å². The van der Waals surface area contributed by atoms with Crippen LogP contribution >= 0.6 is 11.6 Å². The summed E-state index contributed by atoms with van der Waals surface area (Å²) in [5.41, 5.74) is 2.88. The summed E-state index contributed by atoms with van der Waals surface area (Å²) >= 11 is 6.26. The molecule has 1 aromatic carbocycles. The number of rotatable bonds is 9. The summed E-state index contributed by atoms with van der Waals surface area (Å²) in [6.45, 7) is 1.32. The quantitative estimate of drug-likeness (QED) is 0.280. The van der Waals surface area contributed by atoms with Crippen molar-refractivity contribution >= 4 is 29.5 Å². The number of nitrogens with zero attached hydrogens (tertiary/aromatic N) is 1. The zero-order valence-electron chi connectivity index (χ0n) is 21.4. The van der Waals surface area contributed by atoms with Gasteiger partial charge in [0.25, 0.3) is 0 Å². The minimum atomic E-state index is -0.961. The number of carbonyl (C=O) groups is 2. The van der Waals surface area contributed by atoms with Crippen molar-refractivity contribution in [1.29, 1.82) is 0 Å². The summed E-state index contributed by atoms with van der Waals surface area (Å²) < 4.78 is 0. The number of aromatic hydroxyl groups is 1. The van der Waals surface area contributed by atoms with Gasteiger partial charge in [-0.2, -0.15) is 0 Å². The number of hydrogen-bond acceptors (Lipinski definition) is 6. The summed E-state index contributed by atoms with van der Waals surface area (Å²) in [5, 5.41) is 41.9. The number of hydrogen-bond donors (Lipinski definition) is 4. The lowest BCUT2D eigenvalue weighted by Gasteiger charge is -2.36. The highest BCUT2D eigenvalue weighted by Gasteiger charge is 2.56. The second-order valence-electron chi connectivity index (χ2n) is 10.6. The van der Waals surface area contributed by atoms with E-state index in [0.717, 1.165) is 49.7 Å². The third kappa shape index (κ3) is 5.65. The van der Waals surface area contributed by atoms with Gasteiger partial charge in [0.2, 0.25) is 11.8 Å². The second kappa shape index (κ2) is 12.1. The molecule has 1 saturated heterocycles. The largest absolute Gasteiger partial charge is 0.508 e. The van der Waals surface area contributed by atoms with Crippen LogP contribution in [0.3, 0.4) is 0 Å². The molecule has 37 heavy (non-hydrogen) atoms. The number of aliphatic hydroxyl groups excluding tert-OH is 3. The lowest BCUT2D eigenvalue weighted by Crippen LogP contribution is -2.42. The summed E-state index contributed by atoms with van der Waals surface area (Å²) in [5.74, 6) is -2.32. The van der Waals surface area contributed by atoms with Crippen molar-refractivity contribution < 1.29 is 30.0 Å². The predicted molar refractivity (Wildman–Crippen MR) is 142 cm³/mol. The number of benzene rings is 1. The zero-order chi connectivity index (χ0) is 26.7. The van der Waals surface area contributed by atoms with Crippen LogP contribution in [0.5, 0.6) is 5.75 Å². The predicted octanol–water partition coefficient (Wildman–Crippen LogP) is 4.22. The number of halogens is 1. The third-order valence-corrected chi connectivity index (χ3v) is 8.77. The molecule has 4 atom stereocenters. The molecule has 0 bridgehead atoms. The van der Waals surface area contributed by atoms with Gasteiger partial charge in [0.15, 0.2) is 0 Å². The average Bonchev–Trinajstić information content (AvgIpc) is 3.15. The first-order valence-corrected chi connectivity index (χ1v) is 13.8. The highest BCUT2D eigenvalue weighted by atomic mass is 35.5. The molecule has 202 valence electrons. The highest BCUT2D eigenvalue weighted by molar-refractivity contribution is 6.32. The Morgan fingerprint density at radius 3 is 2.51 bits per heavy atom. The van der Waals surface area contributed by atoms with Crippen molar-refractivity contribution in [3.05, 3.63) is 45.5 Å². The first-order valence-electron chi connectivity index (χ1n) is 13.5. The molecule has 4 rings (SSSR count). The van der Waals surface area contributed by atoms with Crippen molar-refractivity contribution in [2.24, 2.45) is 17.8 Å². The van der Waals surface area contributed by atoms with E-state index in [1.165, 1.54) is 11.0 Å². The summed E-state index contributed by atoms with van der Waals surface area (Å²) in [7, 11) is 0. The maximum Gasteiger partial charge on any atom is 0.234 e. The molecular weight excluding hydrogens is 494 g/mol. The van der Waals surface area contributed by atoms with Crippen LogP contribution in [0.15, 0.2) is 34.9 Å². The Kier molecular flexibility index (Phi) is 9.11. The van der Waals surface area contributed by atoms with E-state index >= 15 is 0 Å². The Morgan fingerprint density at radius 1 is 1.16 bits per heavy atom. The van der Waals surface area contributed by atoms with E-state index in [0.29, 0.717) is 29.0 Å². The standard InChI is InChI=1S/C29H38ClNO6/c1-2-17(12-18-9-10-21(34)14-24(18)30)8-11-25(35)26-19(15-32)13-22-27(23(26)16-33)29(37)31(28(22)36)20-6-4-3-5-7-20/h9-10,12,14,20,22-23,25,27,32-35H,2-8,11,13,15-16H2,1H3/b17-12+/t22-,23+,25-,27-/m1/s1. The number of likely N-dealkylation sites (tertiary alicyclic amines) is 1. The van der Waals surface area contributed by atoms with Crippen LogP contribution in [0.2, 0.25) is 5.02 Å². The van der Waals surface area contributed by atoms with Gasteiger partial charge in [0.05, 0.1) is 36.2 Å². The molecule has 7 nitrogen and oxygen atoms in total. The molecule has 4 N–H and O–H groups in total. The number of imide groups is 1. The molecule has 2 aliphatic carbocycles. The summed E-state index contributed by atoms with van der Waals surface area (Å²) in [4.78, 5) is 28.3. The van der Waals surface area contributed by atoms with E-state index in [1.54, 1.807) is 12.1 Å². The maximum absolute atomic E-state index is 13.5. The smallest absolute Gasteiger partial charge is 0.234 e. The SMILES string of the molecule is CC/C(=C\c1ccc(O)cc1Cl)CC[C@@H](O)C1=C(CO)C[C@H]2C(=O)N(C3CCCCC3)C(=O)[C@H]2[C@H]1CO. The number of carbonyl (C=O) groups excluding carboxylic acids is 2. The lowest BCUT2D eigenvalue weighted by atomic mass is 9.68. The average molecular weight is 532 g/mol. The Hall–Kier alpha value is -2.19. The number of amides is 2. The van der Waals surface area contributed by atoms with E-state index in [1.807, 2.05) is 13.0 Å². The fourth-order valence-electron chi connectivity index (χ4n) is 6.51. The molecule has 0 radical (unpaired) electrons. The molecule has 0 unspecified atom stereocenters. The van der Waals surface area contributed by atoms with Crippen LogP contribution in [0.1, 0.15) is 70.3 Å². The highest BCUT2D eigenvalue weighted by Crippen LogP contribution is 2.47. The third-order valence-electron chi connectivity index (χ3n) is 8.44. The Labute approximate surface area is 223 Å². The van der Waals surface area contributed by atoms with E-state index in [2.05, 4.69) is 0 Å². The number of allylic oxidation sites excluding steroid dienone is 1. The molecule has 2 fully saturated rings. The van der Waals surface area contributed by atoms with Crippen molar-refractivity contribution in [3.8, 4) is 5.75 Å². The monoisotopic (exact) mass is 531 g/mol. The summed E-state index contributed by atoms with van der Waals surface area (Å²) in [6.07, 6.45) is 7.56. The number of phenolic OH excluding ortho intramolecular Hbond substituents is 1. The summed E-state index contributed by atoms with van der Waals surface area (Å²) in [6, 6.07) is 4.70. The van der Waals surface area contributed by atoms with Gasteiger partial charge in [-0.15, -0.1) is 0 Å². The van der Waals surface area contributed by atoms with E-state index in [-0.39, 0.29) is 43.2 Å². The second-order valence-corrected chi connectivity index (χ2v) is 11.0. The Balaban J connectivity index is 1.54. The molecule has 1 heterocycles. The van der Waals surface area contributed by atoms with E-state index < -0.39 is 23.9 Å². The first-order chi connectivity index (χ1) is 17.8. The lowest BCUT2D eigenvalue weighted by molar-refractivity contribution is -0.143. The van der Waals surface area contributed by atoms with E-state index in [9.17, 15) is 30.0 Å². The van der Waals surface area contributed by atoms with Crippen molar-refractivity contribution in [2.45, 2.75) is 76.9 Å². The van der Waals surface area contributed by atoms with Gasteiger partial charge in [-0.05, 0) is 73.4 Å². The molecule has 1 aromatic rings. The topological polar surface area (TPSA) is 118 Å². The molecular formula is C29H38ClNO6. The molecule has 0 aromatic heterocycles. The van der Waals surface area contributed by atoms with Crippen LogP contribution in [-0.4, -0.2) is 62.5 Å². The molecule has 8 heteroatoms.